The lowest BCUT2D eigenvalue weighted by atomic mass is 10.1. The van der Waals surface area contributed by atoms with Crippen LogP contribution in [-0.2, 0) is 12.4 Å². The Morgan fingerprint density at radius 1 is 0.800 bits per heavy atom. The van der Waals surface area contributed by atoms with Gasteiger partial charge >= 0.3 is 12.4 Å². The first-order chi connectivity index (χ1) is 14.1. The first-order valence-corrected chi connectivity index (χ1v) is 8.43. The highest BCUT2D eigenvalue weighted by atomic mass is 19.4. The van der Waals surface area contributed by atoms with Crippen LogP contribution in [0.3, 0.4) is 0 Å². The number of alkyl halides is 6. The van der Waals surface area contributed by atoms with Crippen molar-refractivity contribution in [1.29, 1.82) is 0 Å². The van der Waals surface area contributed by atoms with E-state index in [2.05, 4.69) is 20.5 Å². The molecule has 154 valence electrons. The standard InChI is InChI=1S/C19H11F6N5/c20-18(21,22)12-7-13(19(23,24)25)9-14(8-12)29-17-6-11(3-5-26-17)15-10-28-30-16(15)2-1-4-27-30/h1-10H,(H,26,29). The molecule has 0 saturated heterocycles. The minimum absolute atomic E-state index is 0.0705. The zero-order valence-corrected chi connectivity index (χ0v) is 14.8. The largest absolute Gasteiger partial charge is 0.416 e. The molecule has 0 bridgehead atoms. The van der Waals surface area contributed by atoms with E-state index in [-0.39, 0.29) is 17.6 Å². The number of rotatable bonds is 3. The number of aromatic nitrogens is 4. The molecule has 5 nitrogen and oxygen atoms in total. The summed E-state index contributed by atoms with van der Waals surface area (Å²) in [6.07, 6.45) is -5.38. The average molecular weight is 423 g/mol. The number of nitrogens with zero attached hydrogens (tertiary/aromatic N) is 4. The van der Waals surface area contributed by atoms with E-state index in [9.17, 15) is 26.3 Å². The Bertz CT molecular complexity index is 1180. The van der Waals surface area contributed by atoms with Crippen LogP contribution in [0.25, 0.3) is 16.6 Å². The van der Waals surface area contributed by atoms with Crippen molar-refractivity contribution in [3.05, 3.63) is 72.2 Å². The molecule has 4 rings (SSSR count). The number of benzene rings is 1. The van der Waals surface area contributed by atoms with E-state index < -0.39 is 23.5 Å². The van der Waals surface area contributed by atoms with Crippen molar-refractivity contribution in [3.8, 4) is 11.1 Å². The fourth-order valence-electron chi connectivity index (χ4n) is 2.90. The van der Waals surface area contributed by atoms with Crippen LogP contribution in [0.4, 0.5) is 37.8 Å². The van der Waals surface area contributed by atoms with Crippen molar-refractivity contribution in [2.24, 2.45) is 0 Å². The van der Waals surface area contributed by atoms with E-state index in [0.717, 1.165) is 0 Å². The van der Waals surface area contributed by atoms with E-state index in [1.807, 2.05) is 0 Å². The van der Waals surface area contributed by atoms with Crippen molar-refractivity contribution in [2.75, 3.05) is 5.32 Å². The molecule has 0 aliphatic heterocycles. The minimum Gasteiger partial charge on any atom is -0.340 e. The molecule has 4 aromatic rings. The number of halogens is 6. The molecule has 1 N–H and O–H groups in total. The summed E-state index contributed by atoms with van der Waals surface area (Å²) in [5.41, 5.74) is -1.25. The molecule has 0 amide bonds. The molecule has 0 fully saturated rings. The van der Waals surface area contributed by atoms with Gasteiger partial charge < -0.3 is 5.32 Å². The van der Waals surface area contributed by atoms with Gasteiger partial charge in [0, 0.05) is 23.6 Å². The second-order valence-corrected chi connectivity index (χ2v) is 6.31. The second kappa shape index (κ2) is 7.01. The molecule has 0 spiro atoms. The Labute approximate surface area is 165 Å². The SMILES string of the molecule is FC(F)(F)c1cc(Nc2cc(-c3cnn4ncccc34)ccn2)cc(C(F)(F)F)c1. The van der Waals surface area contributed by atoms with Crippen LogP contribution in [0, 0.1) is 0 Å². The summed E-state index contributed by atoms with van der Waals surface area (Å²) in [4.78, 5) is 3.99. The first kappa shape index (κ1) is 19.7. The van der Waals surface area contributed by atoms with Crippen LogP contribution in [-0.4, -0.2) is 19.8 Å². The number of pyridine rings is 1. The van der Waals surface area contributed by atoms with Crippen molar-refractivity contribution in [2.45, 2.75) is 12.4 Å². The van der Waals surface area contributed by atoms with E-state index >= 15 is 0 Å². The van der Waals surface area contributed by atoms with Crippen molar-refractivity contribution in [1.82, 2.24) is 19.8 Å². The Hall–Kier alpha value is -3.63. The highest BCUT2D eigenvalue weighted by molar-refractivity contribution is 5.80. The third-order valence-electron chi connectivity index (χ3n) is 4.23. The normalized spacial score (nSPS) is 12.3. The smallest absolute Gasteiger partial charge is 0.340 e. The molecule has 30 heavy (non-hydrogen) atoms. The van der Waals surface area contributed by atoms with Crippen LogP contribution < -0.4 is 5.32 Å². The molecular weight excluding hydrogens is 412 g/mol. The molecular formula is C19H11F6N5. The van der Waals surface area contributed by atoms with E-state index in [1.54, 1.807) is 30.6 Å². The quantitative estimate of drug-likeness (QED) is 0.438. The summed E-state index contributed by atoms with van der Waals surface area (Å²) in [6, 6.07) is 7.89. The molecule has 0 saturated carbocycles. The van der Waals surface area contributed by atoms with Gasteiger partial charge in [0.05, 0.1) is 22.8 Å². The third-order valence-corrected chi connectivity index (χ3v) is 4.23. The fraction of sp³-hybridized carbons (Fsp3) is 0.105. The van der Waals surface area contributed by atoms with E-state index in [4.69, 9.17) is 0 Å². The Morgan fingerprint density at radius 3 is 2.17 bits per heavy atom. The van der Waals surface area contributed by atoms with Gasteiger partial charge in [-0.2, -0.15) is 41.2 Å². The maximum absolute atomic E-state index is 13.0. The number of hydrogen-bond acceptors (Lipinski definition) is 4. The van der Waals surface area contributed by atoms with Gasteiger partial charge in [0.2, 0.25) is 0 Å². The van der Waals surface area contributed by atoms with Crippen molar-refractivity contribution in [3.63, 3.8) is 0 Å². The van der Waals surface area contributed by atoms with E-state index in [0.29, 0.717) is 28.8 Å². The lowest BCUT2D eigenvalue weighted by Crippen LogP contribution is -2.11. The maximum Gasteiger partial charge on any atom is 0.416 e. The molecule has 11 heteroatoms. The van der Waals surface area contributed by atoms with Gasteiger partial charge in [0.1, 0.15) is 5.82 Å². The van der Waals surface area contributed by atoms with Gasteiger partial charge in [-0.1, -0.05) is 0 Å². The Kier molecular flexibility index (Phi) is 4.60. The van der Waals surface area contributed by atoms with Crippen LogP contribution in [0.15, 0.2) is 61.1 Å². The molecule has 0 aliphatic rings. The number of nitrogens with one attached hydrogen (secondary N) is 1. The van der Waals surface area contributed by atoms with Crippen molar-refractivity contribution >= 4 is 17.0 Å². The highest BCUT2D eigenvalue weighted by Gasteiger charge is 2.37. The molecule has 3 aromatic heterocycles. The summed E-state index contributed by atoms with van der Waals surface area (Å²) in [5, 5.41) is 10.7. The highest BCUT2D eigenvalue weighted by Crippen LogP contribution is 2.38. The predicted octanol–water partition coefficient (Wildman–Crippen LogP) is 5.57. The van der Waals surface area contributed by atoms with Gasteiger partial charge in [-0.15, -0.1) is 0 Å². The zero-order chi connectivity index (χ0) is 21.5. The summed E-state index contributed by atoms with van der Waals surface area (Å²) in [5.74, 6) is 0.0724. The minimum atomic E-state index is -4.93. The number of fused-ring (bicyclic) bond motifs is 1. The Balaban J connectivity index is 1.72. The zero-order valence-electron chi connectivity index (χ0n) is 14.8. The second-order valence-electron chi connectivity index (χ2n) is 6.31. The van der Waals surface area contributed by atoms with Gasteiger partial charge in [-0.05, 0) is 48.0 Å². The van der Waals surface area contributed by atoms with Crippen LogP contribution in [0.5, 0.6) is 0 Å². The molecule has 0 atom stereocenters. The van der Waals surface area contributed by atoms with E-state index in [1.165, 1.54) is 16.9 Å². The van der Waals surface area contributed by atoms with Gasteiger partial charge in [0.25, 0.3) is 0 Å². The van der Waals surface area contributed by atoms with Crippen LogP contribution in [0.1, 0.15) is 11.1 Å². The first-order valence-electron chi connectivity index (χ1n) is 8.43. The van der Waals surface area contributed by atoms with Gasteiger partial charge in [-0.25, -0.2) is 4.98 Å². The number of hydrogen-bond donors (Lipinski definition) is 1. The maximum atomic E-state index is 13.0. The van der Waals surface area contributed by atoms with Crippen molar-refractivity contribution < 1.29 is 26.3 Å². The molecule has 0 radical (unpaired) electrons. The molecule has 3 heterocycles. The lowest BCUT2D eigenvalue weighted by Gasteiger charge is -2.15. The summed E-state index contributed by atoms with van der Waals surface area (Å²) in [7, 11) is 0. The van der Waals surface area contributed by atoms with Crippen LogP contribution >= 0.6 is 0 Å². The predicted molar refractivity (Wildman–Crippen MR) is 95.9 cm³/mol. The summed E-state index contributed by atoms with van der Waals surface area (Å²) >= 11 is 0. The van der Waals surface area contributed by atoms with Crippen LogP contribution in [0.2, 0.25) is 0 Å². The monoisotopic (exact) mass is 423 g/mol. The van der Waals surface area contributed by atoms with Gasteiger partial charge in [0.15, 0.2) is 0 Å². The topological polar surface area (TPSA) is 55.1 Å². The average Bonchev–Trinajstić information content (AvgIpc) is 3.11. The molecule has 1 aromatic carbocycles. The lowest BCUT2D eigenvalue weighted by molar-refractivity contribution is -0.143. The molecule has 0 aliphatic carbocycles. The summed E-state index contributed by atoms with van der Waals surface area (Å²) in [6.45, 7) is 0. The van der Waals surface area contributed by atoms with Gasteiger partial charge in [-0.3, -0.25) is 0 Å². The summed E-state index contributed by atoms with van der Waals surface area (Å²) < 4.78 is 79.7. The fourth-order valence-corrected chi connectivity index (χ4v) is 2.90. The third kappa shape index (κ3) is 3.91. The molecule has 0 unspecified atom stereocenters. The Morgan fingerprint density at radius 2 is 1.50 bits per heavy atom. The number of anilines is 2.